The summed E-state index contributed by atoms with van der Waals surface area (Å²) in [6.07, 6.45) is 8.23. The summed E-state index contributed by atoms with van der Waals surface area (Å²) in [5.74, 6) is 0.615. The first-order chi connectivity index (χ1) is 11.4. The van der Waals surface area contributed by atoms with Crippen molar-refractivity contribution in [3.63, 3.8) is 0 Å². The Balaban J connectivity index is 2.21. The summed E-state index contributed by atoms with van der Waals surface area (Å²) >= 11 is 0. The third-order valence-electron chi connectivity index (χ3n) is 3.93. The van der Waals surface area contributed by atoms with E-state index >= 15 is 0 Å². The molecule has 1 atom stereocenters. The first kappa shape index (κ1) is 18.0. The van der Waals surface area contributed by atoms with E-state index in [1.54, 1.807) is 23.1 Å². The lowest BCUT2D eigenvalue weighted by Gasteiger charge is -2.20. The molecule has 1 amide bonds. The molecular formula is C18H27N5O. The van der Waals surface area contributed by atoms with Gasteiger partial charge in [-0.1, -0.05) is 27.2 Å². The molecule has 2 heterocycles. The van der Waals surface area contributed by atoms with Gasteiger partial charge in [-0.05, 0) is 24.8 Å². The molecule has 0 aliphatic rings. The van der Waals surface area contributed by atoms with Crippen molar-refractivity contribution in [3.05, 3.63) is 30.2 Å². The summed E-state index contributed by atoms with van der Waals surface area (Å²) in [6, 6.07) is 1.94. The van der Waals surface area contributed by atoms with Gasteiger partial charge in [-0.25, -0.2) is 4.98 Å². The molecule has 0 aromatic carbocycles. The number of nitrogens with zero attached hydrogens (tertiary/aromatic N) is 3. The highest BCUT2D eigenvalue weighted by atomic mass is 16.1. The minimum absolute atomic E-state index is 0.156. The summed E-state index contributed by atoms with van der Waals surface area (Å²) in [4.78, 5) is 16.8. The average molecular weight is 329 g/mol. The van der Waals surface area contributed by atoms with Gasteiger partial charge in [0.25, 0.3) is 5.91 Å². The number of amides is 1. The van der Waals surface area contributed by atoms with E-state index in [-0.39, 0.29) is 17.8 Å². The number of nitrogens with one attached hydrogen (secondary N) is 1. The summed E-state index contributed by atoms with van der Waals surface area (Å²) in [5.41, 5.74) is 8.09. The number of carbonyl (C=O) groups excluding carboxylic acids is 1. The SMILES string of the molecule is CCCC(CC(C)C)NC(=O)c1cc(-c2cnn(C)c2)cnc1N. The van der Waals surface area contributed by atoms with Crippen molar-refractivity contribution < 1.29 is 4.79 Å². The predicted octanol–water partition coefficient (Wildman–Crippen LogP) is 3.01. The molecule has 0 spiro atoms. The van der Waals surface area contributed by atoms with Crippen molar-refractivity contribution in [1.82, 2.24) is 20.1 Å². The predicted molar refractivity (Wildman–Crippen MR) is 96.5 cm³/mol. The molecule has 1 unspecified atom stereocenters. The van der Waals surface area contributed by atoms with Crippen LogP contribution in [0.2, 0.25) is 0 Å². The van der Waals surface area contributed by atoms with E-state index in [4.69, 9.17) is 5.73 Å². The zero-order chi connectivity index (χ0) is 17.7. The standard InChI is InChI=1S/C18H27N5O/c1-5-6-15(7-12(2)3)22-18(24)16-8-13(9-20-17(16)19)14-10-21-23(4)11-14/h8-12,15H,5-7H2,1-4H3,(H2,19,20)(H,22,24). The van der Waals surface area contributed by atoms with E-state index in [1.807, 2.05) is 13.2 Å². The molecule has 2 rings (SSSR count). The van der Waals surface area contributed by atoms with E-state index in [0.29, 0.717) is 11.5 Å². The number of aromatic nitrogens is 3. The van der Waals surface area contributed by atoms with Crippen molar-refractivity contribution in [2.24, 2.45) is 13.0 Å². The third kappa shape index (κ3) is 4.57. The van der Waals surface area contributed by atoms with Crippen LogP contribution in [-0.2, 0) is 7.05 Å². The lowest BCUT2D eigenvalue weighted by atomic mass is 9.99. The minimum Gasteiger partial charge on any atom is -0.383 e. The Kier molecular flexibility index (Phi) is 5.95. The molecule has 24 heavy (non-hydrogen) atoms. The van der Waals surface area contributed by atoms with E-state index in [1.165, 1.54) is 0 Å². The Morgan fingerprint density at radius 3 is 2.67 bits per heavy atom. The molecule has 6 heteroatoms. The quantitative estimate of drug-likeness (QED) is 0.817. The smallest absolute Gasteiger partial charge is 0.255 e. The maximum atomic E-state index is 12.7. The van der Waals surface area contributed by atoms with Gasteiger partial charge in [0.05, 0.1) is 11.8 Å². The molecule has 0 aliphatic carbocycles. The number of pyridine rings is 1. The van der Waals surface area contributed by atoms with Crippen molar-refractivity contribution in [2.75, 3.05) is 5.73 Å². The molecule has 0 radical (unpaired) electrons. The summed E-state index contributed by atoms with van der Waals surface area (Å²) in [5, 5.41) is 7.26. The fourth-order valence-electron chi connectivity index (χ4n) is 2.81. The van der Waals surface area contributed by atoms with Crippen LogP contribution >= 0.6 is 0 Å². The molecule has 2 aromatic rings. The Labute approximate surface area is 143 Å². The van der Waals surface area contributed by atoms with Gasteiger partial charge in [0.1, 0.15) is 5.82 Å². The lowest BCUT2D eigenvalue weighted by molar-refractivity contribution is 0.0930. The van der Waals surface area contributed by atoms with Crippen LogP contribution in [0.25, 0.3) is 11.1 Å². The Bertz CT molecular complexity index is 692. The number of hydrogen-bond acceptors (Lipinski definition) is 4. The maximum absolute atomic E-state index is 12.7. The molecule has 0 saturated heterocycles. The highest BCUT2D eigenvalue weighted by Gasteiger charge is 2.18. The van der Waals surface area contributed by atoms with Gasteiger partial charge in [-0.3, -0.25) is 9.48 Å². The fraction of sp³-hybridized carbons (Fsp3) is 0.500. The van der Waals surface area contributed by atoms with Crippen molar-refractivity contribution in [1.29, 1.82) is 0 Å². The number of nitrogens with two attached hydrogens (primary N) is 1. The van der Waals surface area contributed by atoms with Crippen LogP contribution in [0.4, 0.5) is 5.82 Å². The van der Waals surface area contributed by atoms with Gasteiger partial charge in [0.2, 0.25) is 0 Å². The van der Waals surface area contributed by atoms with Crippen molar-refractivity contribution in [2.45, 2.75) is 46.1 Å². The summed E-state index contributed by atoms with van der Waals surface area (Å²) < 4.78 is 1.71. The largest absolute Gasteiger partial charge is 0.383 e. The lowest BCUT2D eigenvalue weighted by Crippen LogP contribution is -2.36. The summed E-state index contributed by atoms with van der Waals surface area (Å²) in [6.45, 7) is 6.44. The number of anilines is 1. The fourth-order valence-corrected chi connectivity index (χ4v) is 2.81. The molecule has 0 fully saturated rings. The van der Waals surface area contributed by atoms with Crippen molar-refractivity contribution >= 4 is 11.7 Å². The number of rotatable bonds is 7. The highest BCUT2D eigenvalue weighted by molar-refractivity contribution is 5.99. The topological polar surface area (TPSA) is 85.8 Å². The second-order valence-corrected chi connectivity index (χ2v) is 6.65. The number of aryl methyl sites for hydroxylation is 1. The third-order valence-corrected chi connectivity index (χ3v) is 3.93. The highest BCUT2D eigenvalue weighted by Crippen LogP contribution is 2.22. The van der Waals surface area contributed by atoms with Crippen LogP contribution in [0.3, 0.4) is 0 Å². The molecule has 130 valence electrons. The van der Waals surface area contributed by atoms with E-state index in [0.717, 1.165) is 30.4 Å². The maximum Gasteiger partial charge on any atom is 0.255 e. The number of carbonyl (C=O) groups is 1. The average Bonchev–Trinajstić information content (AvgIpc) is 2.93. The zero-order valence-electron chi connectivity index (χ0n) is 14.9. The minimum atomic E-state index is -0.162. The van der Waals surface area contributed by atoms with Gasteiger partial charge >= 0.3 is 0 Å². The van der Waals surface area contributed by atoms with Crippen LogP contribution in [0.1, 0.15) is 50.4 Å². The molecule has 2 aromatic heterocycles. The van der Waals surface area contributed by atoms with Crippen molar-refractivity contribution in [3.8, 4) is 11.1 Å². The van der Waals surface area contributed by atoms with Crippen LogP contribution in [-0.4, -0.2) is 26.7 Å². The van der Waals surface area contributed by atoms with Gasteiger partial charge in [0.15, 0.2) is 0 Å². The molecule has 3 N–H and O–H groups in total. The Hall–Kier alpha value is -2.37. The zero-order valence-corrected chi connectivity index (χ0v) is 14.9. The molecule has 6 nitrogen and oxygen atoms in total. The monoisotopic (exact) mass is 329 g/mol. The van der Waals surface area contributed by atoms with Gasteiger partial charge < -0.3 is 11.1 Å². The van der Waals surface area contributed by atoms with Gasteiger partial charge in [0, 0.05) is 36.6 Å². The van der Waals surface area contributed by atoms with E-state index in [9.17, 15) is 4.79 Å². The summed E-state index contributed by atoms with van der Waals surface area (Å²) in [7, 11) is 1.85. The second-order valence-electron chi connectivity index (χ2n) is 6.65. The first-order valence-electron chi connectivity index (χ1n) is 8.46. The number of nitrogen functional groups attached to an aromatic ring is 1. The molecule has 0 bridgehead atoms. The Morgan fingerprint density at radius 2 is 2.08 bits per heavy atom. The second kappa shape index (κ2) is 7.95. The number of hydrogen-bond donors (Lipinski definition) is 2. The van der Waals surface area contributed by atoms with Crippen LogP contribution in [0.15, 0.2) is 24.7 Å². The molecule has 0 aliphatic heterocycles. The van der Waals surface area contributed by atoms with Gasteiger partial charge in [-0.15, -0.1) is 0 Å². The molecule has 0 saturated carbocycles. The first-order valence-corrected chi connectivity index (χ1v) is 8.46. The van der Waals surface area contributed by atoms with Crippen LogP contribution in [0.5, 0.6) is 0 Å². The van der Waals surface area contributed by atoms with Gasteiger partial charge in [-0.2, -0.15) is 5.10 Å². The van der Waals surface area contributed by atoms with Crippen LogP contribution < -0.4 is 11.1 Å². The Morgan fingerprint density at radius 1 is 1.33 bits per heavy atom. The van der Waals surface area contributed by atoms with E-state index in [2.05, 4.69) is 36.2 Å². The van der Waals surface area contributed by atoms with E-state index < -0.39 is 0 Å². The van der Waals surface area contributed by atoms with Crippen LogP contribution in [0, 0.1) is 5.92 Å². The normalized spacial score (nSPS) is 12.4. The molecular weight excluding hydrogens is 302 g/mol.